The van der Waals surface area contributed by atoms with E-state index in [0.29, 0.717) is 25.0 Å². The fraction of sp³-hybridized carbons (Fsp3) is 0.517. The van der Waals surface area contributed by atoms with Gasteiger partial charge in [0.1, 0.15) is 0 Å². The van der Waals surface area contributed by atoms with Gasteiger partial charge in [-0.1, -0.05) is 30.3 Å². The first-order valence-electron chi connectivity index (χ1n) is 13.2. The average Bonchev–Trinajstić information content (AvgIpc) is 3.64. The van der Waals surface area contributed by atoms with Crippen LogP contribution in [-0.4, -0.2) is 81.6 Å². The van der Waals surface area contributed by atoms with Gasteiger partial charge in [0.15, 0.2) is 0 Å². The molecule has 0 radical (unpaired) electrons. The summed E-state index contributed by atoms with van der Waals surface area (Å²) in [5, 5.41) is 3.30. The summed E-state index contributed by atoms with van der Waals surface area (Å²) in [5.74, 6) is 1.26. The van der Waals surface area contributed by atoms with Crippen molar-refractivity contribution in [3.8, 4) is 0 Å². The minimum atomic E-state index is -0.0371. The van der Waals surface area contributed by atoms with Crippen molar-refractivity contribution in [3.63, 3.8) is 0 Å². The van der Waals surface area contributed by atoms with E-state index in [4.69, 9.17) is 4.74 Å². The first kappa shape index (κ1) is 24.8. The zero-order valence-electron chi connectivity index (χ0n) is 21.4. The molecule has 2 aromatic rings. The Morgan fingerprint density at radius 3 is 2.31 bits per heavy atom. The second-order valence-electron chi connectivity index (χ2n) is 10.8. The predicted octanol–water partition coefficient (Wildman–Crippen LogP) is 3.04. The largest absolute Gasteiger partial charge is 0.381 e. The maximum atomic E-state index is 13.1. The van der Waals surface area contributed by atoms with E-state index >= 15 is 0 Å². The smallest absolute Gasteiger partial charge is 0.253 e. The second kappa shape index (κ2) is 11.0. The van der Waals surface area contributed by atoms with E-state index in [9.17, 15) is 9.59 Å². The molecule has 5 rings (SSSR count). The van der Waals surface area contributed by atoms with Crippen LogP contribution in [0.3, 0.4) is 0 Å². The molecule has 36 heavy (non-hydrogen) atoms. The van der Waals surface area contributed by atoms with Crippen molar-refractivity contribution in [1.82, 2.24) is 15.1 Å². The second-order valence-corrected chi connectivity index (χ2v) is 10.8. The molecule has 0 aliphatic carbocycles. The number of ether oxygens (including phenoxy) is 1. The van der Waals surface area contributed by atoms with Gasteiger partial charge in [-0.3, -0.25) is 9.59 Å². The number of hydrogen-bond acceptors (Lipinski definition) is 5. The SMILES string of the molecule is CN(C)c1ccc(C(=O)N2CC3CN(CCC(NC(=O)C4CCOC4)c4ccccc4)C[C@H]3C2)cc1. The highest BCUT2D eigenvalue weighted by Crippen LogP contribution is 2.33. The molecule has 3 aliphatic heterocycles. The zero-order chi connectivity index (χ0) is 25.1. The third-order valence-electron chi connectivity index (χ3n) is 8.03. The third-order valence-corrected chi connectivity index (χ3v) is 8.03. The van der Waals surface area contributed by atoms with Crippen molar-refractivity contribution in [2.24, 2.45) is 17.8 Å². The molecule has 3 saturated heterocycles. The van der Waals surface area contributed by atoms with Gasteiger partial charge >= 0.3 is 0 Å². The van der Waals surface area contributed by atoms with Crippen LogP contribution in [0.4, 0.5) is 5.69 Å². The molecule has 0 spiro atoms. The Bertz CT molecular complexity index is 1020. The molecule has 3 unspecified atom stereocenters. The molecule has 2 amide bonds. The first-order valence-corrected chi connectivity index (χ1v) is 13.2. The van der Waals surface area contributed by atoms with Crippen LogP contribution in [0, 0.1) is 17.8 Å². The maximum Gasteiger partial charge on any atom is 0.253 e. The molecule has 0 aromatic heterocycles. The number of rotatable bonds is 8. The number of nitrogens with zero attached hydrogens (tertiary/aromatic N) is 3. The van der Waals surface area contributed by atoms with E-state index in [0.717, 1.165) is 62.4 Å². The van der Waals surface area contributed by atoms with Crippen LogP contribution in [-0.2, 0) is 9.53 Å². The molecular formula is C29H38N4O3. The maximum absolute atomic E-state index is 13.1. The minimum Gasteiger partial charge on any atom is -0.381 e. The lowest BCUT2D eigenvalue weighted by Gasteiger charge is -2.25. The van der Waals surface area contributed by atoms with E-state index in [1.165, 1.54) is 0 Å². The summed E-state index contributed by atoms with van der Waals surface area (Å²) in [7, 11) is 4.01. The standard InChI is InChI=1S/C29H38N4O3/c1-31(2)26-10-8-22(9-11-26)29(35)33-18-24-16-32(17-25(24)19-33)14-12-27(21-6-4-3-5-7-21)30-28(34)23-13-15-36-20-23/h3-11,23-25,27H,12-20H2,1-2H3,(H,30,34)/t23?,24-,25?,27?/m0/s1. The molecular weight excluding hydrogens is 452 g/mol. The molecule has 0 bridgehead atoms. The van der Waals surface area contributed by atoms with Crippen molar-refractivity contribution in [2.45, 2.75) is 18.9 Å². The number of amides is 2. The van der Waals surface area contributed by atoms with Crippen LogP contribution in [0.1, 0.15) is 34.8 Å². The summed E-state index contributed by atoms with van der Waals surface area (Å²) in [6, 6.07) is 18.2. The van der Waals surface area contributed by atoms with Crippen molar-refractivity contribution >= 4 is 17.5 Å². The van der Waals surface area contributed by atoms with Crippen LogP contribution >= 0.6 is 0 Å². The summed E-state index contributed by atoms with van der Waals surface area (Å²) in [5.41, 5.74) is 3.02. The van der Waals surface area contributed by atoms with Crippen LogP contribution in [0.15, 0.2) is 54.6 Å². The highest BCUT2D eigenvalue weighted by Gasteiger charge is 2.41. The molecule has 3 heterocycles. The van der Waals surface area contributed by atoms with Gasteiger partial charge in [-0.2, -0.15) is 0 Å². The predicted molar refractivity (Wildman–Crippen MR) is 141 cm³/mol. The van der Waals surface area contributed by atoms with Crippen molar-refractivity contribution in [1.29, 1.82) is 0 Å². The number of anilines is 1. The van der Waals surface area contributed by atoms with Crippen molar-refractivity contribution < 1.29 is 14.3 Å². The molecule has 3 aliphatic rings. The van der Waals surface area contributed by atoms with Gasteiger partial charge in [0.2, 0.25) is 5.91 Å². The molecule has 3 fully saturated rings. The van der Waals surface area contributed by atoms with E-state index in [1.54, 1.807) is 0 Å². The zero-order valence-corrected chi connectivity index (χ0v) is 21.4. The average molecular weight is 491 g/mol. The summed E-state index contributed by atoms with van der Waals surface area (Å²) >= 11 is 0. The summed E-state index contributed by atoms with van der Waals surface area (Å²) in [4.78, 5) is 32.5. The van der Waals surface area contributed by atoms with E-state index in [1.807, 2.05) is 66.4 Å². The van der Waals surface area contributed by atoms with Gasteiger partial charge in [0.25, 0.3) is 5.91 Å². The van der Waals surface area contributed by atoms with Gasteiger partial charge < -0.3 is 24.8 Å². The molecule has 0 saturated carbocycles. The number of fused-ring (bicyclic) bond motifs is 1. The molecule has 1 N–H and O–H groups in total. The lowest BCUT2D eigenvalue weighted by molar-refractivity contribution is -0.125. The van der Waals surface area contributed by atoms with E-state index in [2.05, 4.69) is 22.3 Å². The molecule has 192 valence electrons. The topological polar surface area (TPSA) is 65.1 Å². The Hall–Kier alpha value is -2.90. The molecule has 2 aromatic carbocycles. The van der Waals surface area contributed by atoms with Gasteiger partial charge in [0, 0.05) is 64.7 Å². The Morgan fingerprint density at radius 1 is 1.00 bits per heavy atom. The normalized spacial score (nSPS) is 24.5. The summed E-state index contributed by atoms with van der Waals surface area (Å²) in [6.07, 6.45) is 1.68. The number of nitrogens with one attached hydrogen (secondary N) is 1. The molecule has 4 atom stereocenters. The number of carbonyl (C=O) groups is 2. The monoisotopic (exact) mass is 490 g/mol. The van der Waals surface area contributed by atoms with Gasteiger partial charge in [-0.25, -0.2) is 0 Å². The summed E-state index contributed by atoms with van der Waals surface area (Å²) < 4.78 is 5.42. The molecule has 7 heteroatoms. The Labute approximate surface area is 214 Å². The van der Waals surface area contributed by atoms with Gasteiger partial charge in [-0.15, -0.1) is 0 Å². The van der Waals surface area contributed by atoms with Crippen LogP contribution in [0.5, 0.6) is 0 Å². The lowest BCUT2D eigenvalue weighted by atomic mass is 10.0. The third kappa shape index (κ3) is 5.57. The Balaban J connectivity index is 1.14. The van der Waals surface area contributed by atoms with Crippen LogP contribution < -0.4 is 10.2 Å². The quantitative estimate of drug-likeness (QED) is 0.616. The Kier molecular flexibility index (Phi) is 7.58. The first-order chi connectivity index (χ1) is 17.5. The minimum absolute atomic E-state index is 0.00274. The fourth-order valence-electron chi connectivity index (χ4n) is 5.87. The number of hydrogen-bond donors (Lipinski definition) is 1. The van der Waals surface area contributed by atoms with Gasteiger partial charge in [-0.05, 0) is 54.5 Å². The van der Waals surface area contributed by atoms with E-state index in [-0.39, 0.29) is 23.8 Å². The number of carbonyl (C=O) groups excluding carboxylic acids is 2. The Morgan fingerprint density at radius 2 is 1.69 bits per heavy atom. The number of benzene rings is 2. The highest BCUT2D eigenvalue weighted by atomic mass is 16.5. The van der Waals surface area contributed by atoms with Crippen molar-refractivity contribution in [3.05, 3.63) is 65.7 Å². The van der Waals surface area contributed by atoms with Crippen molar-refractivity contribution in [2.75, 3.05) is 64.9 Å². The highest BCUT2D eigenvalue weighted by molar-refractivity contribution is 5.94. The number of likely N-dealkylation sites (tertiary alicyclic amines) is 2. The summed E-state index contributed by atoms with van der Waals surface area (Å²) in [6.45, 7) is 5.82. The van der Waals surface area contributed by atoms with E-state index < -0.39 is 0 Å². The lowest BCUT2D eigenvalue weighted by Crippen LogP contribution is -2.37. The van der Waals surface area contributed by atoms with Gasteiger partial charge in [0.05, 0.1) is 18.6 Å². The molecule has 7 nitrogen and oxygen atoms in total. The van der Waals surface area contributed by atoms with Crippen LogP contribution in [0.2, 0.25) is 0 Å². The fourth-order valence-corrected chi connectivity index (χ4v) is 5.87. The van der Waals surface area contributed by atoms with Crippen LogP contribution in [0.25, 0.3) is 0 Å².